The third-order valence-corrected chi connectivity index (χ3v) is 4.57. The Hall–Kier alpha value is 0.440. The Kier molecular flexibility index (Phi) is 6.43. The standard InChI is InChI=1S/C6H8Cl2N2O2S2.ClH/c7-5-3-4(6(8)13-5)14(11,12)10-2-1-9;/h3,10H,1-2,9H2;1H. The molecular weight excluding hydrogens is 303 g/mol. The molecular formula is C6H9Cl3N2O2S2. The fourth-order valence-corrected chi connectivity index (χ4v) is 3.97. The zero-order chi connectivity index (χ0) is 10.8. The van der Waals surface area contributed by atoms with E-state index < -0.39 is 10.0 Å². The molecule has 88 valence electrons. The van der Waals surface area contributed by atoms with Crippen LogP contribution in [0.4, 0.5) is 0 Å². The Morgan fingerprint density at radius 1 is 1.47 bits per heavy atom. The molecule has 0 spiro atoms. The molecule has 0 aliphatic rings. The molecule has 1 aromatic rings. The summed E-state index contributed by atoms with van der Waals surface area (Å²) in [6.45, 7) is 0.404. The van der Waals surface area contributed by atoms with Gasteiger partial charge in [-0.1, -0.05) is 23.2 Å². The van der Waals surface area contributed by atoms with Gasteiger partial charge in [0.2, 0.25) is 10.0 Å². The number of hydrogen-bond acceptors (Lipinski definition) is 4. The van der Waals surface area contributed by atoms with E-state index in [0.717, 1.165) is 11.3 Å². The van der Waals surface area contributed by atoms with Crippen molar-refractivity contribution >= 4 is 57.0 Å². The fraction of sp³-hybridized carbons (Fsp3) is 0.333. The minimum absolute atomic E-state index is 0. The molecule has 0 aliphatic carbocycles. The lowest BCUT2D eigenvalue weighted by molar-refractivity contribution is 0.582. The molecule has 0 aliphatic heterocycles. The van der Waals surface area contributed by atoms with Crippen LogP contribution in [-0.2, 0) is 10.0 Å². The van der Waals surface area contributed by atoms with Crippen molar-refractivity contribution in [3.63, 3.8) is 0 Å². The van der Waals surface area contributed by atoms with Gasteiger partial charge >= 0.3 is 0 Å². The van der Waals surface area contributed by atoms with Crippen molar-refractivity contribution in [2.75, 3.05) is 13.1 Å². The van der Waals surface area contributed by atoms with Gasteiger partial charge in [-0.3, -0.25) is 0 Å². The van der Waals surface area contributed by atoms with Gasteiger partial charge in [0, 0.05) is 13.1 Å². The van der Waals surface area contributed by atoms with Gasteiger partial charge in [-0.15, -0.1) is 23.7 Å². The lowest BCUT2D eigenvalue weighted by atomic mass is 10.7. The van der Waals surface area contributed by atoms with Crippen LogP contribution in [0.15, 0.2) is 11.0 Å². The molecule has 0 amide bonds. The van der Waals surface area contributed by atoms with Gasteiger partial charge in [0.1, 0.15) is 9.23 Å². The molecule has 4 nitrogen and oxygen atoms in total. The molecule has 0 fully saturated rings. The van der Waals surface area contributed by atoms with Crippen molar-refractivity contribution in [3.8, 4) is 0 Å². The molecule has 0 aromatic carbocycles. The smallest absolute Gasteiger partial charge is 0.243 e. The van der Waals surface area contributed by atoms with E-state index in [-0.39, 0.29) is 34.7 Å². The molecule has 1 rings (SSSR count). The van der Waals surface area contributed by atoms with Crippen molar-refractivity contribution in [1.29, 1.82) is 0 Å². The third kappa shape index (κ3) is 4.07. The fourth-order valence-electron chi connectivity index (χ4n) is 0.779. The second-order valence-corrected chi connectivity index (χ2v) is 6.40. The maximum atomic E-state index is 11.5. The molecule has 1 heterocycles. The second-order valence-electron chi connectivity index (χ2n) is 2.37. The van der Waals surface area contributed by atoms with Crippen molar-refractivity contribution in [2.24, 2.45) is 5.73 Å². The van der Waals surface area contributed by atoms with Crippen molar-refractivity contribution < 1.29 is 8.42 Å². The molecule has 9 heteroatoms. The summed E-state index contributed by atoms with van der Waals surface area (Å²) in [6, 6.07) is 1.31. The van der Waals surface area contributed by atoms with E-state index in [1.807, 2.05) is 0 Å². The largest absolute Gasteiger partial charge is 0.329 e. The van der Waals surface area contributed by atoms with Crippen LogP contribution in [0.3, 0.4) is 0 Å². The molecule has 3 N–H and O–H groups in total. The first-order valence-electron chi connectivity index (χ1n) is 3.62. The van der Waals surface area contributed by atoms with E-state index in [9.17, 15) is 8.42 Å². The SMILES string of the molecule is Cl.NCCNS(=O)(=O)c1cc(Cl)sc1Cl. The van der Waals surface area contributed by atoms with Crippen LogP contribution < -0.4 is 10.5 Å². The third-order valence-electron chi connectivity index (χ3n) is 1.35. The van der Waals surface area contributed by atoms with Gasteiger partial charge in [-0.05, 0) is 6.07 Å². The molecule has 1 aromatic heterocycles. The Morgan fingerprint density at radius 3 is 2.47 bits per heavy atom. The van der Waals surface area contributed by atoms with Gasteiger partial charge in [0.25, 0.3) is 0 Å². The van der Waals surface area contributed by atoms with E-state index in [1.54, 1.807) is 0 Å². The lowest BCUT2D eigenvalue weighted by Gasteiger charge is -2.02. The molecule has 0 bridgehead atoms. The summed E-state index contributed by atoms with van der Waals surface area (Å²) < 4.78 is 25.8. The summed E-state index contributed by atoms with van der Waals surface area (Å²) in [6.07, 6.45) is 0. The number of sulfonamides is 1. The summed E-state index contributed by atoms with van der Waals surface area (Å²) in [7, 11) is -3.57. The number of thiophene rings is 1. The summed E-state index contributed by atoms with van der Waals surface area (Å²) in [5.74, 6) is 0. The highest BCUT2D eigenvalue weighted by Crippen LogP contribution is 2.33. The monoisotopic (exact) mass is 310 g/mol. The summed E-state index contributed by atoms with van der Waals surface area (Å²) in [5.41, 5.74) is 5.17. The van der Waals surface area contributed by atoms with E-state index in [0.29, 0.717) is 4.34 Å². The number of hydrogen-bond donors (Lipinski definition) is 2. The van der Waals surface area contributed by atoms with Gasteiger partial charge < -0.3 is 5.73 Å². The molecule has 0 atom stereocenters. The number of nitrogens with one attached hydrogen (secondary N) is 1. The number of nitrogens with two attached hydrogens (primary N) is 1. The van der Waals surface area contributed by atoms with E-state index >= 15 is 0 Å². The maximum Gasteiger partial charge on any atom is 0.243 e. The van der Waals surface area contributed by atoms with Gasteiger partial charge in [0.05, 0.1) is 4.34 Å². The van der Waals surface area contributed by atoms with Crippen LogP contribution in [0, 0.1) is 0 Å². The number of rotatable bonds is 4. The van der Waals surface area contributed by atoms with Crippen molar-refractivity contribution in [2.45, 2.75) is 4.90 Å². The normalized spacial score (nSPS) is 11.1. The Balaban J connectivity index is 0.00000196. The number of halogens is 3. The topological polar surface area (TPSA) is 72.2 Å². The Morgan fingerprint density at radius 2 is 2.07 bits per heavy atom. The predicted molar refractivity (Wildman–Crippen MR) is 65.8 cm³/mol. The lowest BCUT2D eigenvalue weighted by Crippen LogP contribution is -2.29. The highest BCUT2D eigenvalue weighted by Gasteiger charge is 2.19. The van der Waals surface area contributed by atoms with Gasteiger partial charge in [-0.25, -0.2) is 13.1 Å². The van der Waals surface area contributed by atoms with Crippen molar-refractivity contribution in [3.05, 3.63) is 14.7 Å². The van der Waals surface area contributed by atoms with Crippen LogP contribution in [0.2, 0.25) is 8.67 Å². The minimum Gasteiger partial charge on any atom is -0.329 e. The maximum absolute atomic E-state index is 11.5. The summed E-state index contributed by atoms with van der Waals surface area (Å²) in [4.78, 5) is 0.00242. The first kappa shape index (κ1) is 15.4. The molecule has 0 saturated carbocycles. The van der Waals surface area contributed by atoms with Gasteiger partial charge in [-0.2, -0.15) is 0 Å². The average Bonchev–Trinajstić information content (AvgIpc) is 2.42. The molecule has 0 saturated heterocycles. The van der Waals surface area contributed by atoms with Gasteiger partial charge in [0.15, 0.2) is 0 Å². The van der Waals surface area contributed by atoms with Crippen LogP contribution in [0.25, 0.3) is 0 Å². The average molecular weight is 312 g/mol. The quantitative estimate of drug-likeness (QED) is 0.889. The zero-order valence-electron chi connectivity index (χ0n) is 7.37. The Bertz CT molecular complexity index is 418. The first-order valence-corrected chi connectivity index (χ1v) is 6.67. The predicted octanol–water partition coefficient (Wildman–Crippen LogP) is 1.71. The summed E-state index contributed by atoms with van der Waals surface area (Å²) in [5, 5.41) is 0. The molecule has 15 heavy (non-hydrogen) atoms. The minimum atomic E-state index is -3.57. The van der Waals surface area contributed by atoms with E-state index in [2.05, 4.69) is 4.72 Å². The highest BCUT2D eigenvalue weighted by atomic mass is 35.5. The van der Waals surface area contributed by atoms with Crippen LogP contribution in [0.5, 0.6) is 0 Å². The second kappa shape index (κ2) is 6.24. The zero-order valence-corrected chi connectivity index (χ0v) is 11.3. The molecule has 0 unspecified atom stereocenters. The van der Waals surface area contributed by atoms with Crippen LogP contribution >= 0.6 is 46.9 Å². The molecule has 0 radical (unpaired) electrons. The van der Waals surface area contributed by atoms with Crippen molar-refractivity contribution in [1.82, 2.24) is 4.72 Å². The van der Waals surface area contributed by atoms with E-state index in [1.165, 1.54) is 6.07 Å². The van der Waals surface area contributed by atoms with Crippen LogP contribution in [-0.4, -0.2) is 21.5 Å². The van der Waals surface area contributed by atoms with Crippen LogP contribution in [0.1, 0.15) is 0 Å². The highest BCUT2D eigenvalue weighted by molar-refractivity contribution is 7.89. The van der Waals surface area contributed by atoms with E-state index in [4.69, 9.17) is 28.9 Å². The summed E-state index contributed by atoms with van der Waals surface area (Å²) >= 11 is 12.3. The Labute approximate surface area is 108 Å². The first-order chi connectivity index (χ1) is 6.47.